The Morgan fingerprint density at radius 2 is 1.78 bits per heavy atom. The number of aromatic nitrogens is 1. The monoisotopic (exact) mass is 313 g/mol. The average molecular weight is 314 g/mol. The molecule has 4 rings (SSSR count). The van der Waals surface area contributed by atoms with E-state index in [1.165, 1.54) is 31.7 Å². The summed E-state index contributed by atoms with van der Waals surface area (Å²) in [6.45, 7) is 0. The number of hydrogen-bond acceptors (Lipinski definition) is 2. The standard InChI is InChI=1S/C15H8BrNS/c16-12-5-6-14-15-10(7-17-8-11(12)15)9-3-1-2-4-13(9)18-14/h1-8H. The zero-order valence-corrected chi connectivity index (χ0v) is 11.8. The normalized spacial score (nSPS) is 12.5. The highest BCUT2D eigenvalue weighted by molar-refractivity contribution is 9.10. The minimum Gasteiger partial charge on any atom is -0.263 e. The molecule has 3 aromatic rings. The maximum atomic E-state index is 4.38. The van der Waals surface area contributed by atoms with E-state index in [-0.39, 0.29) is 0 Å². The van der Waals surface area contributed by atoms with Crippen LogP contribution in [-0.2, 0) is 0 Å². The van der Waals surface area contributed by atoms with E-state index in [2.05, 4.69) is 57.3 Å². The fourth-order valence-corrected chi connectivity index (χ4v) is 3.98. The van der Waals surface area contributed by atoms with E-state index in [4.69, 9.17) is 0 Å². The van der Waals surface area contributed by atoms with Crippen molar-refractivity contribution in [1.29, 1.82) is 0 Å². The van der Waals surface area contributed by atoms with Crippen molar-refractivity contribution in [1.82, 2.24) is 4.98 Å². The van der Waals surface area contributed by atoms with Gasteiger partial charge >= 0.3 is 0 Å². The molecular weight excluding hydrogens is 306 g/mol. The third-order valence-electron chi connectivity index (χ3n) is 3.23. The first kappa shape index (κ1) is 10.6. The molecule has 0 amide bonds. The first-order valence-corrected chi connectivity index (χ1v) is 7.29. The van der Waals surface area contributed by atoms with Crippen LogP contribution < -0.4 is 0 Å². The van der Waals surface area contributed by atoms with Crippen LogP contribution in [0.3, 0.4) is 0 Å². The van der Waals surface area contributed by atoms with Crippen LogP contribution in [0.1, 0.15) is 0 Å². The molecule has 0 saturated carbocycles. The molecule has 18 heavy (non-hydrogen) atoms. The number of rotatable bonds is 0. The Hall–Kier alpha value is -1.32. The topological polar surface area (TPSA) is 12.9 Å². The Morgan fingerprint density at radius 1 is 0.889 bits per heavy atom. The summed E-state index contributed by atoms with van der Waals surface area (Å²) in [5, 5.41) is 2.50. The van der Waals surface area contributed by atoms with Gasteiger partial charge in [0.2, 0.25) is 0 Å². The SMILES string of the molecule is Brc1ccc2c3c(cncc13)-c1ccccc1S2. The Labute approximate surface area is 117 Å². The van der Waals surface area contributed by atoms with Crippen LogP contribution in [0.5, 0.6) is 0 Å². The summed E-state index contributed by atoms with van der Waals surface area (Å²) >= 11 is 5.44. The van der Waals surface area contributed by atoms with E-state index >= 15 is 0 Å². The van der Waals surface area contributed by atoms with Crippen molar-refractivity contribution in [3.8, 4) is 11.1 Å². The van der Waals surface area contributed by atoms with E-state index in [1.54, 1.807) is 0 Å². The smallest absolute Gasteiger partial charge is 0.0358 e. The summed E-state index contributed by atoms with van der Waals surface area (Å²) in [5.74, 6) is 0. The fourth-order valence-electron chi connectivity index (χ4n) is 2.41. The molecule has 1 nitrogen and oxygen atoms in total. The maximum absolute atomic E-state index is 4.38. The lowest BCUT2D eigenvalue weighted by Crippen LogP contribution is -1.93. The van der Waals surface area contributed by atoms with Crippen molar-refractivity contribution in [3.05, 3.63) is 53.3 Å². The fraction of sp³-hybridized carbons (Fsp3) is 0. The summed E-state index contributed by atoms with van der Waals surface area (Å²) in [4.78, 5) is 7.00. The highest BCUT2D eigenvalue weighted by atomic mass is 79.9. The number of nitrogens with zero attached hydrogens (tertiary/aromatic N) is 1. The maximum Gasteiger partial charge on any atom is 0.0358 e. The van der Waals surface area contributed by atoms with E-state index in [0.29, 0.717) is 0 Å². The molecule has 0 aliphatic carbocycles. The van der Waals surface area contributed by atoms with Gasteiger partial charge < -0.3 is 0 Å². The molecule has 86 valence electrons. The highest BCUT2D eigenvalue weighted by Crippen LogP contribution is 2.48. The number of pyridine rings is 1. The van der Waals surface area contributed by atoms with Gasteiger partial charge in [-0.2, -0.15) is 0 Å². The molecule has 0 spiro atoms. The molecule has 1 aliphatic rings. The predicted molar refractivity (Wildman–Crippen MR) is 79.0 cm³/mol. The molecule has 3 heteroatoms. The van der Waals surface area contributed by atoms with Gasteiger partial charge in [-0.15, -0.1) is 0 Å². The molecule has 2 heterocycles. The van der Waals surface area contributed by atoms with Gasteiger partial charge in [-0.05, 0) is 23.8 Å². The number of hydrogen-bond donors (Lipinski definition) is 0. The van der Waals surface area contributed by atoms with Gasteiger partial charge in [0.25, 0.3) is 0 Å². The van der Waals surface area contributed by atoms with E-state index in [9.17, 15) is 0 Å². The van der Waals surface area contributed by atoms with Crippen molar-refractivity contribution in [2.24, 2.45) is 0 Å². The van der Waals surface area contributed by atoms with Crippen molar-refractivity contribution in [2.45, 2.75) is 9.79 Å². The molecular formula is C15H8BrNS. The second-order valence-electron chi connectivity index (χ2n) is 4.25. The second-order valence-corrected chi connectivity index (χ2v) is 6.19. The van der Waals surface area contributed by atoms with E-state index < -0.39 is 0 Å². The van der Waals surface area contributed by atoms with Gasteiger partial charge in [-0.1, -0.05) is 45.9 Å². The minimum absolute atomic E-state index is 1.11. The summed E-state index contributed by atoms with van der Waals surface area (Å²) in [6, 6.07) is 12.8. The quantitative estimate of drug-likeness (QED) is 0.446. The highest BCUT2D eigenvalue weighted by Gasteiger charge is 2.19. The van der Waals surface area contributed by atoms with Crippen LogP contribution in [0, 0.1) is 0 Å². The van der Waals surface area contributed by atoms with Gasteiger partial charge in [-0.3, -0.25) is 4.98 Å². The average Bonchev–Trinajstić information content (AvgIpc) is 2.43. The Morgan fingerprint density at radius 3 is 2.72 bits per heavy atom. The Bertz CT molecular complexity index is 783. The van der Waals surface area contributed by atoms with Crippen LogP contribution >= 0.6 is 27.7 Å². The van der Waals surface area contributed by atoms with Crippen LogP contribution in [0.25, 0.3) is 21.9 Å². The molecule has 0 atom stereocenters. The largest absolute Gasteiger partial charge is 0.263 e. The van der Waals surface area contributed by atoms with Gasteiger partial charge in [0.05, 0.1) is 0 Å². The lowest BCUT2D eigenvalue weighted by Gasteiger charge is -2.19. The van der Waals surface area contributed by atoms with Crippen molar-refractivity contribution in [2.75, 3.05) is 0 Å². The van der Waals surface area contributed by atoms with Gasteiger partial charge in [0.15, 0.2) is 0 Å². The first-order valence-electron chi connectivity index (χ1n) is 5.68. The molecule has 0 saturated heterocycles. The van der Waals surface area contributed by atoms with Crippen molar-refractivity contribution < 1.29 is 0 Å². The van der Waals surface area contributed by atoms with Crippen LogP contribution in [-0.4, -0.2) is 4.98 Å². The molecule has 0 unspecified atom stereocenters. The molecule has 0 bridgehead atoms. The van der Waals surface area contributed by atoms with Gasteiger partial charge in [0, 0.05) is 43.0 Å². The number of halogens is 1. The van der Waals surface area contributed by atoms with Crippen LogP contribution in [0.4, 0.5) is 0 Å². The summed E-state index contributed by atoms with van der Waals surface area (Å²) in [6.07, 6.45) is 3.90. The molecule has 0 N–H and O–H groups in total. The Kier molecular flexibility index (Phi) is 2.26. The third kappa shape index (κ3) is 1.38. The lowest BCUT2D eigenvalue weighted by molar-refractivity contribution is 1.31. The van der Waals surface area contributed by atoms with Crippen LogP contribution in [0.2, 0.25) is 0 Å². The molecule has 1 aromatic heterocycles. The zero-order valence-electron chi connectivity index (χ0n) is 9.35. The molecule has 0 fully saturated rings. The summed E-state index contributed by atoms with van der Waals surface area (Å²) < 4.78 is 1.11. The van der Waals surface area contributed by atoms with E-state index in [0.717, 1.165) is 4.47 Å². The molecule has 1 aliphatic heterocycles. The Balaban J connectivity index is 2.22. The second kappa shape index (κ2) is 3.84. The third-order valence-corrected chi connectivity index (χ3v) is 5.06. The molecule has 2 aromatic carbocycles. The van der Waals surface area contributed by atoms with Gasteiger partial charge in [-0.25, -0.2) is 0 Å². The number of benzene rings is 2. The van der Waals surface area contributed by atoms with E-state index in [1.807, 2.05) is 24.2 Å². The molecule has 0 radical (unpaired) electrons. The van der Waals surface area contributed by atoms with Crippen LogP contribution in [0.15, 0.2) is 63.1 Å². The first-order chi connectivity index (χ1) is 8.84. The van der Waals surface area contributed by atoms with Crippen molar-refractivity contribution in [3.63, 3.8) is 0 Å². The number of fused-ring (bicyclic) bond motifs is 2. The minimum atomic E-state index is 1.11. The summed E-state index contributed by atoms with van der Waals surface area (Å²) in [7, 11) is 0. The van der Waals surface area contributed by atoms with Crippen molar-refractivity contribution >= 4 is 38.5 Å². The predicted octanol–water partition coefficient (Wildman–Crippen LogP) is 5.13. The summed E-state index contributed by atoms with van der Waals surface area (Å²) in [5.41, 5.74) is 2.52. The lowest BCUT2D eigenvalue weighted by atomic mass is 10.0. The zero-order chi connectivity index (χ0) is 12.1. The van der Waals surface area contributed by atoms with Gasteiger partial charge in [0.1, 0.15) is 0 Å².